The third-order valence-corrected chi connectivity index (χ3v) is 12.2. The molecule has 52 heavy (non-hydrogen) atoms. The molecule has 0 unspecified atom stereocenters. The standard InChI is InChI=1S/C50H37NO/c1-49(2)40-27-32(36-20-11-15-30-13-5-7-17-34(30)36)23-25-43(40)51-44-26-24-33(37-21-12-16-31-14-6-8-18-35(31)37)28-41(44)50(3,4)46-47(51)42(49)29-39-38-19-9-10-22-45(38)52-48(39)46/h5-29H,1-4H3. The number of benzene rings is 8. The number of hydrogen-bond donors (Lipinski definition) is 0. The van der Waals surface area contributed by atoms with Gasteiger partial charge in [-0.25, -0.2) is 0 Å². The molecule has 0 N–H and O–H groups in total. The van der Waals surface area contributed by atoms with Gasteiger partial charge < -0.3 is 9.32 Å². The Bertz CT molecular complexity index is 2950. The SMILES string of the molecule is CC1(C)c2cc(-c3cccc4ccccc34)ccc2N2c3ccc(-c4cccc5ccccc45)cc3C(C)(C)c3c2c1cc1c3oc2ccccc21. The lowest BCUT2D eigenvalue weighted by atomic mass is 9.65. The molecule has 0 amide bonds. The van der Waals surface area contributed by atoms with Crippen LogP contribution in [0.5, 0.6) is 0 Å². The monoisotopic (exact) mass is 667 g/mol. The van der Waals surface area contributed by atoms with Crippen LogP contribution in [0.15, 0.2) is 156 Å². The molecule has 248 valence electrons. The fraction of sp³-hybridized carbons (Fsp3) is 0.120. The van der Waals surface area contributed by atoms with Gasteiger partial charge in [-0.15, -0.1) is 0 Å². The van der Waals surface area contributed by atoms with E-state index in [-0.39, 0.29) is 10.8 Å². The number of fused-ring (bicyclic) bond motifs is 10. The summed E-state index contributed by atoms with van der Waals surface area (Å²) in [5.74, 6) is 0. The zero-order chi connectivity index (χ0) is 34.9. The summed E-state index contributed by atoms with van der Waals surface area (Å²) in [6.45, 7) is 9.60. The Labute approximate surface area is 303 Å². The van der Waals surface area contributed by atoms with E-state index in [2.05, 4.69) is 184 Å². The number of furan rings is 1. The van der Waals surface area contributed by atoms with Crippen molar-refractivity contribution in [3.05, 3.63) is 174 Å². The van der Waals surface area contributed by atoms with E-state index in [1.165, 1.54) is 93.9 Å². The molecule has 8 aromatic carbocycles. The van der Waals surface area contributed by atoms with E-state index >= 15 is 0 Å². The van der Waals surface area contributed by atoms with Gasteiger partial charge in [0.05, 0.1) is 17.1 Å². The lowest BCUT2D eigenvalue weighted by Crippen LogP contribution is -2.38. The average Bonchev–Trinajstić information content (AvgIpc) is 3.55. The van der Waals surface area contributed by atoms with Gasteiger partial charge in [-0.2, -0.15) is 0 Å². The molecular weight excluding hydrogens is 631 g/mol. The van der Waals surface area contributed by atoms with E-state index in [0.717, 1.165) is 11.2 Å². The van der Waals surface area contributed by atoms with Crippen LogP contribution in [-0.4, -0.2) is 0 Å². The van der Waals surface area contributed by atoms with Crippen LogP contribution >= 0.6 is 0 Å². The van der Waals surface area contributed by atoms with Gasteiger partial charge in [0.2, 0.25) is 0 Å². The maximum Gasteiger partial charge on any atom is 0.141 e. The van der Waals surface area contributed by atoms with E-state index in [1.807, 2.05) is 0 Å². The third-order valence-electron chi connectivity index (χ3n) is 12.2. The van der Waals surface area contributed by atoms with Crippen LogP contribution in [0, 0.1) is 0 Å². The van der Waals surface area contributed by atoms with Gasteiger partial charge in [0, 0.05) is 27.2 Å². The molecule has 0 aliphatic carbocycles. The number of nitrogens with zero attached hydrogens (tertiary/aromatic N) is 1. The van der Waals surface area contributed by atoms with Crippen LogP contribution in [0.3, 0.4) is 0 Å². The number of para-hydroxylation sites is 1. The quantitative estimate of drug-likeness (QED) is 0.182. The predicted octanol–water partition coefficient (Wildman–Crippen LogP) is 14.0. The summed E-state index contributed by atoms with van der Waals surface area (Å²) < 4.78 is 6.89. The van der Waals surface area contributed by atoms with Gasteiger partial charge in [0.1, 0.15) is 11.2 Å². The molecular formula is C50H37NO. The molecule has 2 heteroatoms. The van der Waals surface area contributed by atoms with Gasteiger partial charge in [-0.3, -0.25) is 0 Å². The first-order valence-corrected chi connectivity index (χ1v) is 18.4. The molecule has 0 radical (unpaired) electrons. The molecule has 0 saturated carbocycles. The lowest BCUT2D eigenvalue weighted by Gasteiger charge is -2.49. The van der Waals surface area contributed by atoms with E-state index in [0.29, 0.717) is 0 Å². The minimum atomic E-state index is -0.347. The molecule has 0 spiro atoms. The molecule has 0 atom stereocenters. The van der Waals surface area contributed by atoms with Gasteiger partial charge in [0.25, 0.3) is 0 Å². The Morgan fingerprint density at radius 3 is 1.58 bits per heavy atom. The maximum atomic E-state index is 6.89. The van der Waals surface area contributed by atoms with Crippen molar-refractivity contribution >= 4 is 60.5 Å². The molecule has 0 bridgehead atoms. The summed E-state index contributed by atoms with van der Waals surface area (Å²) in [7, 11) is 0. The van der Waals surface area contributed by atoms with Crippen molar-refractivity contribution in [2.24, 2.45) is 0 Å². The summed E-state index contributed by atoms with van der Waals surface area (Å²) in [4.78, 5) is 2.55. The second kappa shape index (κ2) is 10.2. The summed E-state index contributed by atoms with van der Waals surface area (Å²) in [6, 6.07) is 56.0. The Kier molecular flexibility index (Phi) is 5.83. The molecule has 2 aliphatic heterocycles. The van der Waals surface area contributed by atoms with Gasteiger partial charge in [0.15, 0.2) is 0 Å². The van der Waals surface area contributed by atoms with Crippen LogP contribution in [0.1, 0.15) is 49.9 Å². The van der Waals surface area contributed by atoms with E-state index in [4.69, 9.17) is 4.42 Å². The first kappa shape index (κ1) is 29.6. The fourth-order valence-electron chi connectivity index (χ4n) is 9.54. The van der Waals surface area contributed by atoms with Crippen LogP contribution < -0.4 is 4.90 Å². The lowest BCUT2D eigenvalue weighted by molar-refractivity contribution is 0.583. The fourth-order valence-corrected chi connectivity index (χ4v) is 9.54. The van der Waals surface area contributed by atoms with Crippen LogP contribution in [0.2, 0.25) is 0 Å². The molecule has 0 fully saturated rings. The highest BCUT2D eigenvalue weighted by Crippen LogP contribution is 2.63. The molecule has 9 aromatic rings. The average molecular weight is 668 g/mol. The Morgan fingerprint density at radius 1 is 0.442 bits per heavy atom. The van der Waals surface area contributed by atoms with Crippen LogP contribution in [0.4, 0.5) is 17.1 Å². The van der Waals surface area contributed by atoms with Crippen molar-refractivity contribution < 1.29 is 4.42 Å². The number of anilines is 3. The second-order valence-corrected chi connectivity index (χ2v) is 15.7. The summed E-state index contributed by atoms with van der Waals surface area (Å²) in [6.07, 6.45) is 0. The second-order valence-electron chi connectivity index (χ2n) is 15.7. The van der Waals surface area contributed by atoms with E-state index < -0.39 is 0 Å². The van der Waals surface area contributed by atoms with Gasteiger partial charge in [-0.1, -0.05) is 143 Å². The molecule has 0 saturated heterocycles. The van der Waals surface area contributed by atoms with Crippen molar-refractivity contribution in [3.8, 4) is 22.3 Å². The highest BCUT2D eigenvalue weighted by atomic mass is 16.3. The van der Waals surface area contributed by atoms with E-state index in [1.54, 1.807) is 0 Å². The van der Waals surface area contributed by atoms with Crippen molar-refractivity contribution in [2.75, 3.05) is 4.90 Å². The molecule has 11 rings (SSSR count). The predicted molar refractivity (Wildman–Crippen MR) is 219 cm³/mol. The molecule has 2 aliphatic rings. The summed E-state index contributed by atoms with van der Waals surface area (Å²) in [5.41, 5.74) is 15.2. The van der Waals surface area contributed by atoms with Crippen molar-refractivity contribution in [2.45, 2.75) is 38.5 Å². The topological polar surface area (TPSA) is 16.4 Å². The highest BCUT2D eigenvalue weighted by Gasteiger charge is 2.47. The highest BCUT2D eigenvalue weighted by molar-refractivity contribution is 6.11. The summed E-state index contributed by atoms with van der Waals surface area (Å²) in [5, 5.41) is 7.42. The van der Waals surface area contributed by atoms with Crippen molar-refractivity contribution in [1.29, 1.82) is 0 Å². The van der Waals surface area contributed by atoms with Crippen molar-refractivity contribution in [3.63, 3.8) is 0 Å². The Morgan fingerprint density at radius 2 is 0.962 bits per heavy atom. The smallest absolute Gasteiger partial charge is 0.141 e. The van der Waals surface area contributed by atoms with Crippen molar-refractivity contribution in [1.82, 2.24) is 0 Å². The minimum Gasteiger partial charge on any atom is -0.456 e. The zero-order valence-electron chi connectivity index (χ0n) is 29.8. The normalized spacial score (nSPS) is 15.2. The molecule has 2 nitrogen and oxygen atoms in total. The molecule has 3 heterocycles. The first-order chi connectivity index (χ1) is 25.3. The third kappa shape index (κ3) is 3.84. The largest absolute Gasteiger partial charge is 0.456 e. The van der Waals surface area contributed by atoms with Gasteiger partial charge >= 0.3 is 0 Å². The van der Waals surface area contributed by atoms with Gasteiger partial charge in [-0.05, 0) is 96.9 Å². The van der Waals surface area contributed by atoms with E-state index in [9.17, 15) is 0 Å². The first-order valence-electron chi connectivity index (χ1n) is 18.4. The minimum absolute atomic E-state index is 0.278. The molecule has 1 aromatic heterocycles. The number of rotatable bonds is 2. The Balaban J connectivity index is 1.23. The van der Waals surface area contributed by atoms with Crippen LogP contribution in [-0.2, 0) is 10.8 Å². The Hall–Kier alpha value is -6.12. The summed E-state index contributed by atoms with van der Waals surface area (Å²) >= 11 is 0. The maximum absolute atomic E-state index is 6.89. The van der Waals surface area contributed by atoms with Crippen LogP contribution in [0.25, 0.3) is 65.7 Å². The number of hydrogen-bond acceptors (Lipinski definition) is 2. The zero-order valence-corrected chi connectivity index (χ0v) is 29.8.